The number of fused-ring (bicyclic) bond motifs is 1. The molecule has 0 spiro atoms. The number of carbonyl (C=O) groups is 1. The quantitative estimate of drug-likeness (QED) is 0.602. The van der Waals surface area contributed by atoms with Gasteiger partial charge in [0.15, 0.2) is 0 Å². The molecule has 0 unspecified atom stereocenters. The van der Waals surface area contributed by atoms with E-state index < -0.39 is 0 Å². The number of nitrogens with one attached hydrogen (secondary N) is 1. The molecule has 0 aliphatic rings. The van der Waals surface area contributed by atoms with Crippen LogP contribution in [0.2, 0.25) is 0 Å². The van der Waals surface area contributed by atoms with Crippen LogP contribution in [0.4, 0.5) is 5.95 Å². The number of amides is 1. The third-order valence-corrected chi connectivity index (χ3v) is 3.67. The molecule has 8 nitrogen and oxygen atoms in total. The standard InChI is InChI=1S/C17H15N7O/c25-15(20-16-21-17-18-9-4-10-23(17)22-16)8-7-13-11-19-24(12-13)14-5-2-1-3-6-14/h1-6,9-12H,7-8H2,(H,20,22,25). The summed E-state index contributed by atoms with van der Waals surface area (Å²) in [5.41, 5.74) is 1.98. The number of para-hydroxylation sites is 1. The van der Waals surface area contributed by atoms with Crippen molar-refractivity contribution in [2.45, 2.75) is 12.8 Å². The monoisotopic (exact) mass is 333 g/mol. The lowest BCUT2D eigenvalue weighted by atomic mass is 10.2. The fourth-order valence-corrected chi connectivity index (χ4v) is 2.44. The Kier molecular flexibility index (Phi) is 3.91. The summed E-state index contributed by atoms with van der Waals surface area (Å²) in [6.45, 7) is 0. The van der Waals surface area contributed by atoms with E-state index in [-0.39, 0.29) is 11.9 Å². The number of hydrogen-bond donors (Lipinski definition) is 1. The van der Waals surface area contributed by atoms with Crippen molar-refractivity contribution in [1.29, 1.82) is 0 Å². The number of aryl methyl sites for hydroxylation is 1. The third kappa shape index (κ3) is 3.37. The molecule has 0 radical (unpaired) electrons. The predicted octanol–water partition coefficient (Wildman–Crippen LogP) is 1.88. The van der Waals surface area contributed by atoms with Crippen molar-refractivity contribution >= 4 is 17.6 Å². The Hall–Kier alpha value is -3.55. The molecule has 0 fully saturated rings. The Morgan fingerprint density at radius 3 is 2.88 bits per heavy atom. The van der Waals surface area contributed by atoms with E-state index in [9.17, 15) is 4.79 Å². The van der Waals surface area contributed by atoms with Crippen LogP contribution in [0.15, 0.2) is 61.2 Å². The van der Waals surface area contributed by atoms with E-state index in [0.29, 0.717) is 18.6 Å². The van der Waals surface area contributed by atoms with E-state index in [1.165, 1.54) is 4.52 Å². The van der Waals surface area contributed by atoms with Crippen LogP contribution in [-0.4, -0.2) is 35.3 Å². The molecule has 3 heterocycles. The highest BCUT2D eigenvalue weighted by molar-refractivity contribution is 5.89. The molecular weight excluding hydrogens is 318 g/mol. The first kappa shape index (κ1) is 15.0. The van der Waals surface area contributed by atoms with Crippen molar-refractivity contribution < 1.29 is 4.79 Å². The Labute approximate surface area is 143 Å². The Morgan fingerprint density at radius 2 is 2.04 bits per heavy atom. The van der Waals surface area contributed by atoms with Gasteiger partial charge in [-0.1, -0.05) is 18.2 Å². The summed E-state index contributed by atoms with van der Waals surface area (Å²) in [4.78, 5) is 20.3. The zero-order valence-electron chi connectivity index (χ0n) is 13.3. The van der Waals surface area contributed by atoms with Gasteiger partial charge in [-0.2, -0.15) is 10.1 Å². The minimum Gasteiger partial charge on any atom is -0.293 e. The van der Waals surface area contributed by atoms with Crippen LogP contribution >= 0.6 is 0 Å². The first-order valence-corrected chi connectivity index (χ1v) is 7.84. The molecule has 0 bridgehead atoms. The number of aromatic nitrogens is 6. The van der Waals surface area contributed by atoms with Crippen LogP contribution in [0.25, 0.3) is 11.5 Å². The van der Waals surface area contributed by atoms with Gasteiger partial charge in [0.2, 0.25) is 5.91 Å². The van der Waals surface area contributed by atoms with Crippen molar-refractivity contribution in [3.05, 3.63) is 66.7 Å². The zero-order valence-corrected chi connectivity index (χ0v) is 13.3. The Bertz CT molecular complexity index is 973. The molecule has 0 aliphatic carbocycles. The Morgan fingerprint density at radius 1 is 1.16 bits per heavy atom. The summed E-state index contributed by atoms with van der Waals surface area (Å²) >= 11 is 0. The Balaban J connectivity index is 1.36. The summed E-state index contributed by atoms with van der Waals surface area (Å²) in [6.07, 6.45) is 7.96. The van der Waals surface area contributed by atoms with E-state index in [4.69, 9.17) is 0 Å². The number of anilines is 1. The normalized spacial score (nSPS) is 10.9. The van der Waals surface area contributed by atoms with Crippen molar-refractivity contribution in [3.8, 4) is 5.69 Å². The topological polar surface area (TPSA) is 90.0 Å². The fraction of sp³-hybridized carbons (Fsp3) is 0.118. The zero-order chi connectivity index (χ0) is 17.1. The average molecular weight is 333 g/mol. The molecule has 0 saturated carbocycles. The van der Waals surface area contributed by atoms with Gasteiger partial charge >= 0.3 is 0 Å². The summed E-state index contributed by atoms with van der Waals surface area (Å²) in [7, 11) is 0. The lowest BCUT2D eigenvalue weighted by molar-refractivity contribution is -0.116. The lowest BCUT2D eigenvalue weighted by Crippen LogP contribution is -2.13. The molecule has 1 aromatic carbocycles. The minimum atomic E-state index is -0.150. The number of nitrogens with zero attached hydrogens (tertiary/aromatic N) is 6. The van der Waals surface area contributed by atoms with Crippen molar-refractivity contribution in [1.82, 2.24) is 29.4 Å². The fourth-order valence-electron chi connectivity index (χ4n) is 2.44. The van der Waals surface area contributed by atoms with Gasteiger partial charge in [-0.25, -0.2) is 14.2 Å². The van der Waals surface area contributed by atoms with Gasteiger partial charge in [0.05, 0.1) is 11.9 Å². The van der Waals surface area contributed by atoms with Gasteiger partial charge in [-0.3, -0.25) is 10.1 Å². The summed E-state index contributed by atoms with van der Waals surface area (Å²) in [5.74, 6) is 0.550. The molecular formula is C17H15N7O. The molecule has 8 heteroatoms. The second-order valence-electron chi connectivity index (χ2n) is 5.48. The van der Waals surface area contributed by atoms with Crippen LogP contribution in [0.3, 0.4) is 0 Å². The van der Waals surface area contributed by atoms with Crippen LogP contribution in [0.5, 0.6) is 0 Å². The highest BCUT2D eigenvalue weighted by Crippen LogP contribution is 2.10. The second-order valence-corrected chi connectivity index (χ2v) is 5.48. The first-order valence-electron chi connectivity index (χ1n) is 7.84. The molecule has 1 N–H and O–H groups in total. The molecule has 3 aromatic heterocycles. The van der Waals surface area contributed by atoms with Gasteiger partial charge < -0.3 is 0 Å². The maximum absolute atomic E-state index is 12.1. The lowest BCUT2D eigenvalue weighted by Gasteiger charge is -2.00. The van der Waals surface area contributed by atoms with Gasteiger partial charge in [0, 0.05) is 25.0 Å². The molecule has 0 saturated heterocycles. The summed E-state index contributed by atoms with van der Waals surface area (Å²) in [6, 6.07) is 11.6. The van der Waals surface area contributed by atoms with E-state index >= 15 is 0 Å². The molecule has 4 rings (SSSR count). The third-order valence-electron chi connectivity index (χ3n) is 3.67. The maximum Gasteiger partial charge on any atom is 0.253 e. The molecule has 4 aromatic rings. The number of carbonyl (C=O) groups excluding carboxylic acids is 1. The first-order chi connectivity index (χ1) is 12.3. The average Bonchev–Trinajstić information content (AvgIpc) is 3.27. The van der Waals surface area contributed by atoms with E-state index in [0.717, 1.165) is 11.3 Å². The molecule has 124 valence electrons. The van der Waals surface area contributed by atoms with Crippen LogP contribution in [-0.2, 0) is 11.2 Å². The number of benzene rings is 1. The van der Waals surface area contributed by atoms with Gasteiger partial charge in [-0.15, -0.1) is 5.10 Å². The van der Waals surface area contributed by atoms with Crippen LogP contribution in [0, 0.1) is 0 Å². The minimum absolute atomic E-state index is 0.150. The maximum atomic E-state index is 12.1. The summed E-state index contributed by atoms with van der Waals surface area (Å²) < 4.78 is 3.31. The van der Waals surface area contributed by atoms with Crippen molar-refractivity contribution in [2.24, 2.45) is 0 Å². The van der Waals surface area contributed by atoms with E-state index in [1.807, 2.05) is 36.5 Å². The van der Waals surface area contributed by atoms with Crippen molar-refractivity contribution in [3.63, 3.8) is 0 Å². The number of hydrogen-bond acceptors (Lipinski definition) is 5. The van der Waals surface area contributed by atoms with Gasteiger partial charge in [-0.05, 0) is 30.2 Å². The smallest absolute Gasteiger partial charge is 0.253 e. The highest BCUT2D eigenvalue weighted by atomic mass is 16.1. The predicted molar refractivity (Wildman–Crippen MR) is 91.3 cm³/mol. The molecule has 0 aliphatic heterocycles. The van der Waals surface area contributed by atoms with Crippen LogP contribution in [0.1, 0.15) is 12.0 Å². The molecule has 25 heavy (non-hydrogen) atoms. The van der Waals surface area contributed by atoms with Gasteiger partial charge in [0.25, 0.3) is 11.7 Å². The van der Waals surface area contributed by atoms with Gasteiger partial charge in [0.1, 0.15) is 0 Å². The van der Waals surface area contributed by atoms with Crippen molar-refractivity contribution in [2.75, 3.05) is 5.32 Å². The second kappa shape index (κ2) is 6.52. The highest BCUT2D eigenvalue weighted by Gasteiger charge is 2.09. The largest absolute Gasteiger partial charge is 0.293 e. The van der Waals surface area contributed by atoms with E-state index in [2.05, 4.69) is 25.5 Å². The molecule has 0 atom stereocenters. The molecule has 1 amide bonds. The van der Waals surface area contributed by atoms with E-state index in [1.54, 1.807) is 29.3 Å². The summed E-state index contributed by atoms with van der Waals surface area (Å²) in [5, 5.41) is 11.2. The van der Waals surface area contributed by atoms with Crippen LogP contribution < -0.4 is 5.32 Å². The number of rotatable bonds is 5. The SMILES string of the molecule is O=C(CCc1cnn(-c2ccccc2)c1)Nc1nc2ncccn2n1.